The Kier molecular flexibility index (Phi) is 5.72. The molecule has 1 spiro atoms. The molecule has 37 heavy (non-hydrogen) atoms. The zero-order chi connectivity index (χ0) is 25.5. The predicted molar refractivity (Wildman–Crippen MR) is 144 cm³/mol. The summed E-state index contributed by atoms with van der Waals surface area (Å²) in [6, 6.07) is 24.4. The molecule has 2 fully saturated rings. The van der Waals surface area contributed by atoms with Gasteiger partial charge in [0.1, 0.15) is 5.60 Å². The van der Waals surface area contributed by atoms with Crippen molar-refractivity contribution in [2.45, 2.75) is 51.3 Å². The lowest BCUT2D eigenvalue weighted by atomic mass is 9.68. The first-order valence-electron chi connectivity index (χ1n) is 12.9. The third-order valence-electron chi connectivity index (χ3n) is 7.90. The van der Waals surface area contributed by atoms with E-state index in [-0.39, 0.29) is 11.5 Å². The van der Waals surface area contributed by atoms with Gasteiger partial charge in [-0.1, -0.05) is 61.5 Å². The molecule has 0 bridgehead atoms. The monoisotopic (exact) mass is 490 g/mol. The van der Waals surface area contributed by atoms with Crippen LogP contribution < -0.4 is 0 Å². The van der Waals surface area contributed by atoms with Gasteiger partial charge in [-0.2, -0.15) is 0 Å². The van der Waals surface area contributed by atoms with Gasteiger partial charge in [0.05, 0.1) is 30.5 Å². The molecule has 6 rings (SSSR count). The van der Waals surface area contributed by atoms with Gasteiger partial charge < -0.3 is 9.30 Å². The van der Waals surface area contributed by atoms with Gasteiger partial charge in [-0.25, -0.2) is 14.6 Å². The number of imidazole rings is 1. The number of rotatable bonds is 5. The van der Waals surface area contributed by atoms with Gasteiger partial charge in [0, 0.05) is 13.1 Å². The van der Waals surface area contributed by atoms with Crippen molar-refractivity contribution in [3.63, 3.8) is 0 Å². The summed E-state index contributed by atoms with van der Waals surface area (Å²) in [5, 5.41) is 0. The van der Waals surface area contributed by atoms with Gasteiger partial charge in [0.25, 0.3) is 0 Å². The number of carbonyl (C=O) groups excluding carboxylic acids is 1. The van der Waals surface area contributed by atoms with E-state index < -0.39 is 5.60 Å². The number of carbonyl (C=O) groups is 1. The maximum absolute atomic E-state index is 13.0. The normalized spacial score (nSPS) is 23.4. The highest BCUT2D eigenvalue weighted by Gasteiger charge is 2.51. The molecule has 186 valence electrons. The molecule has 6 nitrogen and oxygen atoms in total. The Bertz CT molecular complexity index is 1500. The van der Waals surface area contributed by atoms with Crippen LogP contribution in [0.15, 0.2) is 79.1 Å². The first-order chi connectivity index (χ1) is 17.9. The molecule has 0 unspecified atom stereocenters. The second kappa shape index (κ2) is 9.08. The van der Waals surface area contributed by atoms with Gasteiger partial charge in [-0.15, -0.1) is 0 Å². The van der Waals surface area contributed by atoms with E-state index in [0.717, 1.165) is 54.4 Å². The van der Waals surface area contributed by atoms with Crippen molar-refractivity contribution in [2.24, 2.45) is 5.41 Å². The van der Waals surface area contributed by atoms with Gasteiger partial charge in [0.15, 0.2) is 5.69 Å². The minimum atomic E-state index is -0.459. The summed E-state index contributed by atoms with van der Waals surface area (Å²) in [5.41, 5.74) is 5.44. The highest BCUT2D eigenvalue weighted by molar-refractivity contribution is 5.79. The molecule has 1 saturated carbocycles. The highest BCUT2D eigenvalue weighted by atomic mass is 16.6. The van der Waals surface area contributed by atoms with E-state index in [9.17, 15) is 4.79 Å². The molecule has 2 aliphatic rings. The topological polar surface area (TPSA) is 51.7 Å². The number of hydrogen-bond donors (Lipinski definition) is 0. The Morgan fingerprint density at radius 3 is 2.70 bits per heavy atom. The molecule has 1 amide bonds. The summed E-state index contributed by atoms with van der Waals surface area (Å²) in [6.07, 6.45) is 5.44. The van der Waals surface area contributed by atoms with Gasteiger partial charge >= 0.3 is 6.09 Å². The minimum Gasteiger partial charge on any atom is -0.441 e. The van der Waals surface area contributed by atoms with Crippen LogP contribution in [0.2, 0.25) is 0 Å². The van der Waals surface area contributed by atoms with Crippen molar-refractivity contribution in [1.82, 2.24) is 14.5 Å². The second-order valence-electron chi connectivity index (χ2n) is 11.0. The van der Waals surface area contributed by atoms with E-state index in [0.29, 0.717) is 18.8 Å². The lowest BCUT2D eigenvalue weighted by Gasteiger charge is -2.43. The molecule has 4 aromatic rings. The molecule has 0 radical (unpaired) electrons. The summed E-state index contributed by atoms with van der Waals surface area (Å²) >= 11 is 0. The molecule has 3 aromatic carbocycles. The van der Waals surface area contributed by atoms with Crippen LogP contribution in [0.4, 0.5) is 10.5 Å². The van der Waals surface area contributed by atoms with Crippen molar-refractivity contribution in [3.8, 4) is 11.1 Å². The number of aromatic nitrogens is 2. The fourth-order valence-corrected chi connectivity index (χ4v) is 6.32. The maximum atomic E-state index is 13.0. The van der Waals surface area contributed by atoms with Crippen molar-refractivity contribution in [1.29, 1.82) is 0 Å². The molecule has 1 saturated heterocycles. The smallest absolute Gasteiger partial charge is 0.410 e. The van der Waals surface area contributed by atoms with E-state index in [1.54, 1.807) is 0 Å². The second-order valence-corrected chi connectivity index (χ2v) is 11.0. The Hall–Kier alpha value is -4.11. The fraction of sp³-hybridized carbons (Fsp3) is 0.323. The molecule has 1 aliphatic carbocycles. The Morgan fingerprint density at radius 1 is 1.03 bits per heavy atom. The maximum Gasteiger partial charge on any atom is 0.410 e. The molecule has 2 heterocycles. The third-order valence-corrected chi connectivity index (χ3v) is 7.90. The average molecular weight is 491 g/mol. The quantitative estimate of drug-likeness (QED) is 0.277. The van der Waals surface area contributed by atoms with Crippen LogP contribution in [0.25, 0.3) is 27.0 Å². The summed E-state index contributed by atoms with van der Waals surface area (Å²) in [5.74, 6) is 0. The van der Waals surface area contributed by atoms with E-state index in [1.807, 2.05) is 47.6 Å². The zero-order valence-electron chi connectivity index (χ0n) is 21.1. The first kappa shape index (κ1) is 23.3. The summed E-state index contributed by atoms with van der Waals surface area (Å²) in [6.45, 7) is 11.6. The molecule has 0 N–H and O–H groups in total. The standard InChI is InChI=1S/C31H30N4O2/c1-30(20-35-22-33-27-13-12-26(32-2)17-28(27)35)14-7-15-31(19-30)21-34(29(36)37-31)18-23-8-6-11-25(16-23)24-9-4-3-5-10-24/h3-6,8-13,16-17,22H,7,14-15,18-21H2,1H3/t30-,31-/m0/s1. The van der Waals surface area contributed by atoms with Crippen LogP contribution >= 0.6 is 0 Å². The van der Waals surface area contributed by atoms with Crippen LogP contribution in [-0.4, -0.2) is 32.7 Å². The van der Waals surface area contributed by atoms with Crippen LogP contribution in [0, 0.1) is 12.0 Å². The molecule has 1 aliphatic heterocycles. The van der Waals surface area contributed by atoms with E-state index in [1.165, 1.54) is 5.56 Å². The lowest BCUT2D eigenvalue weighted by molar-refractivity contribution is -0.0270. The number of ether oxygens (including phenoxy) is 1. The van der Waals surface area contributed by atoms with E-state index in [2.05, 4.69) is 57.7 Å². The summed E-state index contributed by atoms with van der Waals surface area (Å²) in [7, 11) is 0. The average Bonchev–Trinajstić information content (AvgIpc) is 3.43. The molecule has 1 aromatic heterocycles. The van der Waals surface area contributed by atoms with Crippen molar-refractivity contribution in [2.75, 3.05) is 6.54 Å². The Balaban J connectivity index is 1.19. The summed E-state index contributed by atoms with van der Waals surface area (Å²) in [4.78, 5) is 23.0. The predicted octanol–water partition coefficient (Wildman–Crippen LogP) is 7.23. The summed E-state index contributed by atoms with van der Waals surface area (Å²) < 4.78 is 8.31. The van der Waals surface area contributed by atoms with Gasteiger partial charge in [-0.3, -0.25) is 4.90 Å². The van der Waals surface area contributed by atoms with Crippen molar-refractivity contribution in [3.05, 3.63) is 96.1 Å². The van der Waals surface area contributed by atoms with Crippen molar-refractivity contribution >= 4 is 22.8 Å². The highest BCUT2D eigenvalue weighted by Crippen LogP contribution is 2.47. The minimum absolute atomic E-state index is 0.0382. The van der Waals surface area contributed by atoms with Gasteiger partial charge in [-0.05, 0) is 66.0 Å². The van der Waals surface area contributed by atoms with Crippen LogP contribution in [0.5, 0.6) is 0 Å². The molecular weight excluding hydrogens is 460 g/mol. The lowest BCUT2D eigenvalue weighted by Crippen LogP contribution is -2.44. The number of nitrogens with zero attached hydrogens (tertiary/aromatic N) is 4. The Labute approximate surface area is 217 Å². The SMILES string of the molecule is [C-]#[N+]c1ccc2ncn(C[C@@]3(C)CCC[C@@]4(CN(Cc5cccc(-c6ccccc6)c5)C(=O)O4)C3)c2c1. The molecule has 2 atom stereocenters. The largest absolute Gasteiger partial charge is 0.441 e. The zero-order valence-corrected chi connectivity index (χ0v) is 21.1. The van der Waals surface area contributed by atoms with E-state index >= 15 is 0 Å². The van der Waals surface area contributed by atoms with E-state index in [4.69, 9.17) is 11.3 Å². The first-order valence-corrected chi connectivity index (χ1v) is 12.9. The number of benzene rings is 3. The van der Waals surface area contributed by atoms with Crippen molar-refractivity contribution < 1.29 is 9.53 Å². The fourth-order valence-electron chi connectivity index (χ4n) is 6.32. The Morgan fingerprint density at radius 2 is 1.86 bits per heavy atom. The number of amides is 1. The molecular formula is C31H30N4O2. The third kappa shape index (κ3) is 4.58. The molecule has 6 heteroatoms. The van der Waals surface area contributed by atoms with Crippen LogP contribution in [0.1, 0.15) is 38.2 Å². The van der Waals surface area contributed by atoms with Gasteiger partial charge in [0.2, 0.25) is 0 Å². The number of hydrogen-bond acceptors (Lipinski definition) is 3. The number of fused-ring (bicyclic) bond motifs is 1. The van der Waals surface area contributed by atoms with Crippen LogP contribution in [-0.2, 0) is 17.8 Å². The van der Waals surface area contributed by atoms with Crippen LogP contribution in [0.3, 0.4) is 0 Å².